The summed E-state index contributed by atoms with van der Waals surface area (Å²) in [4.78, 5) is 0. The molecule has 1 atom stereocenters. The van der Waals surface area contributed by atoms with Gasteiger partial charge in [-0.25, -0.2) is 0 Å². The molecule has 0 amide bonds. The van der Waals surface area contributed by atoms with Gasteiger partial charge in [0.1, 0.15) is 0 Å². The molecule has 1 unspecified atom stereocenters. The fourth-order valence-corrected chi connectivity index (χ4v) is 2.57. The highest BCUT2D eigenvalue weighted by atomic mass is 35.5. The topological polar surface area (TPSA) is 24.1 Å². The Bertz CT molecular complexity index is 360. The molecule has 0 aliphatic carbocycles. The standard InChI is InChI=1S/C11H14Cl2N2/c1-11(7-14-4-5-15-11)9-3-2-8(12)6-10(9)13/h2-3,6,14-15H,4-5,7H2,1H3. The van der Waals surface area contributed by atoms with E-state index in [4.69, 9.17) is 23.2 Å². The molecule has 1 aliphatic heterocycles. The van der Waals surface area contributed by atoms with E-state index in [1.54, 1.807) is 6.07 Å². The van der Waals surface area contributed by atoms with Crippen LogP contribution in [0.5, 0.6) is 0 Å². The lowest BCUT2D eigenvalue weighted by molar-refractivity contribution is 0.303. The SMILES string of the molecule is CC1(c2ccc(Cl)cc2Cl)CNCCN1. The van der Waals surface area contributed by atoms with Crippen molar-refractivity contribution in [2.75, 3.05) is 19.6 Å². The minimum Gasteiger partial charge on any atom is -0.313 e. The largest absolute Gasteiger partial charge is 0.313 e. The van der Waals surface area contributed by atoms with Crippen LogP contribution in [0.2, 0.25) is 10.0 Å². The first-order valence-electron chi connectivity index (χ1n) is 5.03. The van der Waals surface area contributed by atoms with Crippen LogP contribution < -0.4 is 10.6 Å². The zero-order chi connectivity index (χ0) is 10.9. The summed E-state index contributed by atoms with van der Waals surface area (Å²) in [6.45, 7) is 4.99. The molecule has 0 bridgehead atoms. The molecule has 0 saturated carbocycles. The molecule has 2 rings (SSSR count). The van der Waals surface area contributed by atoms with Gasteiger partial charge in [0, 0.05) is 29.7 Å². The van der Waals surface area contributed by atoms with Crippen molar-refractivity contribution >= 4 is 23.2 Å². The lowest BCUT2D eigenvalue weighted by Crippen LogP contribution is -2.55. The maximum Gasteiger partial charge on any atom is 0.0547 e. The summed E-state index contributed by atoms with van der Waals surface area (Å²) in [6, 6.07) is 5.66. The van der Waals surface area contributed by atoms with Gasteiger partial charge in [-0.15, -0.1) is 0 Å². The Morgan fingerprint density at radius 2 is 2.07 bits per heavy atom. The van der Waals surface area contributed by atoms with Crippen LogP contribution in [0.15, 0.2) is 18.2 Å². The summed E-state index contributed by atoms with van der Waals surface area (Å²) in [5.74, 6) is 0. The van der Waals surface area contributed by atoms with Crippen molar-refractivity contribution in [3.8, 4) is 0 Å². The van der Waals surface area contributed by atoms with Gasteiger partial charge in [-0.1, -0.05) is 29.3 Å². The molecule has 1 aromatic rings. The van der Waals surface area contributed by atoms with Crippen LogP contribution >= 0.6 is 23.2 Å². The Balaban J connectivity index is 2.35. The van der Waals surface area contributed by atoms with Crippen molar-refractivity contribution in [2.45, 2.75) is 12.5 Å². The molecule has 2 nitrogen and oxygen atoms in total. The maximum absolute atomic E-state index is 6.20. The Morgan fingerprint density at radius 1 is 1.27 bits per heavy atom. The van der Waals surface area contributed by atoms with Gasteiger partial charge in [0.15, 0.2) is 0 Å². The number of nitrogens with one attached hydrogen (secondary N) is 2. The molecule has 0 spiro atoms. The summed E-state index contributed by atoms with van der Waals surface area (Å²) in [7, 11) is 0. The van der Waals surface area contributed by atoms with Crippen molar-refractivity contribution in [1.82, 2.24) is 10.6 Å². The second-order valence-corrected chi connectivity index (χ2v) is 4.90. The number of piperazine rings is 1. The highest BCUT2D eigenvalue weighted by Crippen LogP contribution is 2.30. The molecule has 1 aromatic carbocycles. The van der Waals surface area contributed by atoms with Crippen LogP contribution in [-0.2, 0) is 5.54 Å². The number of halogens is 2. The number of hydrogen-bond donors (Lipinski definition) is 2. The third kappa shape index (κ3) is 2.28. The van der Waals surface area contributed by atoms with Crippen molar-refractivity contribution in [3.63, 3.8) is 0 Å². The van der Waals surface area contributed by atoms with E-state index in [1.165, 1.54) is 0 Å². The molecule has 15 heavy (non-hydrogen) atoms. The molecule has 4 heteroatoms. The van der Waals surface area contributed by atoms with Crippen LogP contribution in [-0.4, -0.2) is 19.6 Å². The first-order chi connectivity index (χ1) is 7.12. The Labute approximate surface area is 100.0 Å². The molecule has 2 N–H and O–H groups in total. The van der Waals surface area contributed by atoms with Gasteiger partial charge in [-0.2, -0.15) is 0 Å². The van der Waals surface area contributed by atoms with Crippen LogP contribution in [0.1, 0.15) is 12.5 Å². The monoisotopic (exact) mass is 244 g/mol. The van der Waals surface area contributed by atoms with Gasteiger partial charge in [0.2, 0.25) is 0 Å². The molecular weight excluding hydrogens is 231 g/mol. The Kier molecular flexibility index (Phi) is 3.21. The van der Waals surface area contributed by atoms with Crippen LogP contribution in [0.3, 0.4) is 0 Å². The number of benzene rings is 1. The van der Waals surface area contributed by atoms with Gasteiger partial charge in [0.25, 0.3) is 0 Å². The second kappa shape index (κ2) is 4.30. The van der Waals surface area contributed by atoms with Crippen molar-refractivity contribution < 1.29 is 0 Å². The van der Waals surface area contributed by atoms with E-state index in [0.717, 1.165) is 30.2 Å². The average Bonchev–Trinajstić information content (AvgIpc) is 2.18. The minimum absolute atomic E-state index is 0.0973. The van der Waals surface area contributed by atoms with Gasteiger partial charge in [-0.05, 0) is 24.6 Å². The van der Waals surface area contributed by atoms with E-state index in [-0.39, 0.29) is 5.54 Å². The molecular formula is C11H14Cl2N2. The molecule has 0 aromatic heterocycles. The minimum atomic E-state index is -0.0973. The zero-order valence-electron chi connectivity index (χ0n) is 8.61. The van der Waals surface area contributed by atoms with E-state index in [9.17, 15) is 0 Å². The zero-order valence-corrected chi connectivity index (χ0v) is 10.1. The quantitative estimate of drug-likeness (QED) is 0.793. The van der Waals surface area contributed by atoms with Crippen molar-refractivity contribution in [1.29, 1.82) is 0 Å². The molecule has 1 heterocycles. The molecule has 82 valence electrons. The third-order valence-corrected chi connectivity index (χ3v) is 3.37. The van der Waals surface area contributed by atoms with Crippen LogP contribution in [0.25, 0.3) is 0 Å². The molecule has 1 fully saturated rings. The van der Waals surface area contributed by atoms with Crippen molar-refractivity contribution in [3.05, 3.63) is 33.8 Å². The van der Waals surface area contributed by atoms with Gasteiger partial charge in [-0.3, -0.25) is 0 Å². The third-order valence-electron chi connectivity index (χ3n) is 2.82. The van der Waals surface area contributed by atoms with Crippen LogP contribution in [0.4, 0.5) is 0 Å². The molecule has 1 saturated heterocycles. The van der Waals surface area contributed by atoms with E-state index in [0.29, 0.717) is 5.02 Å². The van der Waals surface area contributed by atoms with Crippen molar-refractivity contribution in [2.24, 2.45) is 0 Å². The molecule has 0 radical (unpaired) electrons. The Morgan fingerprint density at radius 3 is 2.67 bits per heavy atom. The summed E-state index contributed by atoms with van der Waals surface area (Å²) >= 11 is 12.1. The van der Waals surface area contributed by atoms with Gasteiger partial charge in [0.05, 0.1) is 5.54 Å². The van der Waals surface area contributed by atoms with E-state index < -0.39 is 0 Å². The van der Waals surface area contributed by atoms with E-state index >= 15 is 0 Å². The van der Waals surface area contributed by atoms with E-state index in [2.05, 4.69) is 17.6 Å². The fourth-order valence-electron chi connectivity index (χ4n) is 1.96. The van der Waals surface area contributed by atoms with Gasteiger partial charge < -0.3 is 10.6 Å². The predicted molar refractivity (Wildman–Crippen MR) is 64.7 cm³/mol. The second-order valence-electron chi connectivity index (χ2n) is 4.06. The average molecular weight is 245 g/mol. The lowest BCUT2D eigenvalue weighted by Gasteiger charge is -2.36. The Hall–Kier alpha value is -0.280. The summed E-state index contributed by atoms with van der Waals surface area (Å²) in [6.07, 6.45) is 0. The first kappa shape index (κ1) is 11.2. The normalized spacial score (nSPS) is 26.6. The fraction of sp³-hybridized carbons (Fsp3) is 0.455. The first-order valence-corrected chi connectivity index (χ1v) is 5.79. The highest BCUT2D eigenvalue weighted by Gasteiger charge is 2.29. The maximum atomic E-state index is 6.20. The number of rotatable bonds is 1. The smallest absolute Gasteiger partial charge is 0.0547 e. The highest BCUT2D eigenvalue weighted by molar-refractivity contribution is 6.35. The van der Waals surface area contributed by atoms with Crippen LogP contribution in [0, 0.1) is 0 Å². The molecule has 1 aliphatic rings. The van der Waals surface area contributed by atoms with E-state index in [1.807, 2.05) is 12.1 Å². The summed E-state index contributed by atoms with van der Waals surface area (Å²) in [5, 5.41) is 8.24. The van der Waals surface area contributed by atoms with Gasteiger partial charge >= 0.3 is 0 Å². The lowest BCUT2D eigenvalue weighted by atomic mass is 9.90. The summed E-state index contributed by atoms with van der Waals surface area (Å²) < 4.78 is 0. The summed E-state index contributed by atoms with van der Waals surface area (Å²) in [5.41, 5.74) is 1.00. The number of hydrogen-bond acceptors (Lipinski definition) is 2. The predicted octanol–water partition coefficient (Wildman–Crippen LogP) is 2.40.